The second-order valence-electron chi connectivity index (χ2n) is 5.18. The Balaban J connectivity index is 2.98. The van der Waals surface area contributed by atoms with Gasteiger partial charge in [0.15, 0.2) is 0 Å². The van der Waals surface area contributed by atoms with Gasteiger partial charge in [-0.05, 0) is 25.8 Å². The van der Waals surface area contributed by atoms with Crippen LogP contribution in [0.3, 0.4) is 0 Å². The molecule has 1 aromatic carbocycles. The zero-order chi connectivity index (χ0) is 15.8. The minimum Gasteiger partial charge on any atom is -0.355 e. The van der Waals surface area contributed by atoms with Crippen LogP contribution in [-0.4, -0.2) is 29.3 Å². The molecule has 0 aromatic heterocycles. The molecule has 0 saturated carbocycles. The zero-order valence-electron chi connectivity index (χ0n) is 13.5. The lowest BCUT2D eigenvalue weighted by atomic mass is 10.1. The summed E-state index contributed by atoms with van der Waals surface area (Å²) in [4.78, 5) is 26.1. The van der Waals surface area contributed by atoms with E-state index >= 15 is 0 Å². The molecule has 1 rings (SSSR count). The fourth-order valence-corrected chi connectivity index (χ4v) is 2.42. The Morgan fingerprint density at radius 3 is 2.48 bits per heavy atom. The van der Waals surface area contributed by atoms with E-state index in [2.05, 4.69) is 11.4 Å². The third kappa shape index (κ3) is 4.88. The first kappa shape index (κ1) is 17.2. The lowest BCUT2D eigenvalue weighted by Crippen LogP contribution is -2.48. The largest absolute Gasteiger partial charge is 0.355 e. The highest BCUT2D eigenvalue weighted by Gasteiger charge is 2.27. The van der Waals surface area contributed by atoms with Gasteiger partial charge in [-0.25, -0.2) is 0 Å². The van der Waals surface area contributed by atoms with Gasteiger partial charge in [-0.1, -0.05) is 43.7 Å². The first-order valence-corrected chi connectivity index (χ1v) is 7.66. The maximum atomic E-state index is 12.3. The van der Waals surface area contributed by atoms with Crippen molar-refractivity contribution in [2.45, 2.75) is 53.1 Å². The highest BCUT2D eigenvalue weighted by atomic mass is 16.2. The molecule has 0 radical (unpaired) electrons. The van der Waals surface area contributed by atoms with Gasteiger partial charge in [0, 0.05) is 19.5 Å². The second-order valence-corrected chi connectivity index (χ2v) is 5.18. The van der Waals surface area contributed by atoms with E-state index < -0.39 is 6.04 Å². The number of rotatable bonds is 7. The van der Waals surface area contributed by atoms with Crippen molar-refractivity contribution in [2.75, 3.05) is 6.54 Å². The number of amides is 2. The van der Waals surface area contributed by atoms with Crippen molar-refractivity contribution in [3.05, 3.63) is 35.4 Å². The second kappa shape index (κ2) is 8.45. The van der Waals surface area contributed by atoms with Gasteiger partial charge in [0.2, 0.25) is 11.8 Å². The number of aryl methyl sites for hydroxylation is 1. The molecule has 0 aliphatic rings. The van der Waals surface area contributed by atoms with Gasteiger partial charge in [0.1, 0.15) is 6.04 Å². The average Bonchev–Trinajstić information content (AvgIpc) is 2.46. The van der Waals surface area contributed by atoms with E-state index in [1.54, 1.807) is 4.90 Å². The molecule has 0 bridgehead atoms. The van der Waals surface area contributed by atoms with Crippen LogP contribution in [0, 0.1) is 6.92 Å². The molecule has 0 unspecified atom stereocenters. The van der Waals surface area contributed by atoms with Crippen molar-refractivity contribution in [1.29, 1.82) is 0 Å². The van der Waals surface area contributed by atoms with E-state index in [1.807, 2.05) is 45.9 Å². The zero-order valence-corrected chi connectivity index (χ0v) is 13.5. The van der Waals surface area contributed by atoms with Gasteiger partial charge >= 0.3 is 0 Å². The number of carbonyl (C=O) groups excluding carboxylic acids is 2. The first-order valence-electron chi connectivity index (χ1n) is 7.66. The Hall–Kier alpha value is -1.84. The number of nitrogens with one attached hydrogen (secondary N) is 1. The number of nitrogens with zero attached hydrogens (tertiary/aromatic N) is 1. The predicted molar refractivity (Wildman–Crippen MR) is 84.8 cm³/mol. The molecule has 0 spiro atoms. The monoisotopic (exact) mass is 290 g/mol. The minimum atomic E-state index is -0.405. The number of hydrogen-bond acceptors (Lipinski definition) is 2. The lowest BCUT2D eigenvalue weighted by molar-refractivity contribution is -0.141. The molecule has 21 heavy (non-hydrogen) atoms. The normalized spacial score (nSPS) is 11.8. The Kier molecular flexibility index (Phi) is 6.92. The van der Waals surface area contributed by atoms with Crippen LogP contribution < -0.4 is 5.32 Å². The van der Waals surface area contributed by atoms with Gasteiger partial charge in [-0.3, -0.25) is 9.59 Å². The smallest absolute Gasteiger partial charge is 0.242 e. The maximum absolute atomic E-state index is 12.3. The van der Waals surface area contributed by atoms with Gasteiger partial charge < -0.3 is 10.2 Å². The van der Waals surface area contributed by atoms with E-state index in [0.717, 1.165) is 11.1 Å². The van der Waals surface area contributed by atoms with Crippen LogP contribution in [-0.2, 0) is 16.1 Å². The molecular formula is C17H26N2O2. The van der Waals surface area contributed by atoms with E-state index in [1.165, 1.54) is 0 Å². The number of carbonyl (C=O) groups is 2. The molecule has 4 nitrogen and oxygen atoms in total. The Morgan fingerprint density at radius 2 is 1.95 bits per heavy atom. The maximum Gasteiger partial charge on any atom is 0.242 e. The van der Waals surface area contributed by atoms with Crippen molar-refractivity contribution < 1.29 is 9.59 Å². The Bertz CT molecular complexity index is 485. The molecule has 2 amide bonds. The van der Waals surface area contributed by atoms with Crippen LogP contribution >= 0.6 is 0 Å². The van der Waals surface area contributed by atoms with E-state index in [-0.39, 0.29) is 11.8 Å². The van der Waals surface area contributed by atoms with Gasteiger partial charge in [0.05, 0.1) is 0 Å². The summed E-state index contributed by atoms with van der Waals surface area (Å²) < 4.78 is 0. The van der Waals surface area contributed by atoms with Crippen molar-refractivity contribution >= 4 is 11.8 Å². The molecule has 1 aromatic rings. The fourth-order valence-electron chi connectivity index (χ4n) is 2.42. The van der Waals surface area contributed by atoms with E-state index in [4.69, 9.17) is 0 Å². The van der Waals surface area contributed by atoms with Crippen LogP contribution in [0.2, 0.25) is 0 Å². The summed E-state index contributed by atoms with van der Waals surface area (Å²) >= 11 is 0. The van der Waals surface area contributed by atoms with Crippen LogP contribution in [0.25, 0.3) is 0 Å². The Morgan fingerprint density at radius 1 is 1.24 bits per heavy atom. The summed E-state index contributed by atoms with van der Waals surface area (Å²) in [7, 11) is 0. The third-order valence-electron chi connectivity index (χ3n) is 3.47. The Labute approximate surface area is 127 Å². The molecule has 1 atom stereocenters. The summed E-state index contributed by atoms with van der Waals surface area (Å²) in [5, 5.41) is 2.82. The predicted octanol–water partition coefficient (Wildman–Crippen LogP) is 2.65. The van der Waals surface area contributed by atoms with Gasteiger partial charge in [-0.15, -0.1) is 0 Å². The van der Waals surface area contributed by atoms with Crippen LogP contribution in [0.15, 0.2) is 24.3 Å². The summed E-state index contributed by atoms with van der Waals surface area (Å²) in [6.07, 6.45) is 1.02. The molecule has 116 valence electrons. The third-order valence-corrected chi connectivity index (χ3v) is 3.47. The lowest BCUT2D eigenvalue weighted by Gasteiger charge is -2.30. The number of likely N-dealkylation sites (N-methyl/N-ethyl adjacent to an activating group) is 1. The van der Waals surface area contributed by atoms with Crippen LogP contribution in [0.1, 0.15) is 44.7 Å². The average molecular weight is 290 g/mol. The van der Waals surface area contributed by atoms with Crippen molar-refractivity contribution in [3.63, 3.8) is 0 Å². The van der Waals surface area contributed by atoms with Gasteiger partial charge in [0.25, 0.3) is 0 Å². The molecule has 0 aliphatic carbocycles. The topological polar surface area (TPSA) is 49.4 Å². The molecule has 0 saturated heterocycles. The highest BCUT2D eigenvalue weighted by molar-refractivity contribution is 5.87. The summed E-state index contributed by atoms with van der Waals surface area (Å²) in [6, 6.07) is 7.65. The summed E-state index contributed by atoms with van der Waals surface area (Å²) in [6.45, 7) is 8.73. The molecule has 0 heterocycles. The van der Waals surface area contributed by atoms with Crippen LogP contribution in [0.5, 0.6) is 0 Å². The fraction of sp³-hybridized carbons (Fsp3) is 0.529. The van der Waals surface area contributed by atoms with Crippen molar-refractivity contribution in [1.82, 2.24) is 10.2 Å². The number of hydrogen-bond donors (Lipinski definition) is 1. The van der Waals surface area contributed by atoms with Crippen molar-refractivity contribution in [2.24, 2.45) is 0 Å². The standard InChI is InChI=1S/C17H26N2O2/c1-5-15(17(21)18-7-3)19(16(20)6-2)12-14-10-8-9-13(4)11-14/h8-11,15H,5-7,12H2,1-4H3,(H,18,21)/t15-/m1/s1. The molecule has 4 heteroatoms. The minimum absolute atomic E-state index is 0.00890. The van der Waals surface area contributed by atoms with Crippen molar-refractivity contribution in [3.8, 4) is 0 Å². The summed E-state index contributed by atoms with van der Waals surface area (Å²) in [5.74, 6) is -0.0657. The molecule has 0 aliphatic heterocycles. The quantitative estimate of drug-likeness (QED) is 0.839. The SMILES string of the molecule is CCNC(=O)[C@@H](CC)N(Cc1cccc(C)c1)C(=O)CC. The molecule has 0 fully saturated rings. The molecule has 1 N–H and O–H groups in total. The van der Waals surface area contributed by atoms with Crippen LogP contribution in [0.4, 0.5) is 0 Å². The van der Waals surface area contributed by atoms with E-state index in [9.17, 15) is 9.59 Å². The first-order chi connectivity index (χ1) is 10.0. The van der Waals surface area contributed by atoms with Gasteiger partial charge in [-0.2, -0.15) is 0 Å². The van der Waals surface area contributed by atoms with E-state index in [0.29, 0.717) is 25.9 Å². The number of benzene rings is 1. The summed E-state index contributed by atoms with van der Waals surface area (Å²) in [5.41, 5.74) is 2.21. The molecular weight excluding hydrogens is 264 g/mol. The highest BCUT2D eigenvalue weighted by Crippen LogP contribution is 2.14.